The van der Waals surface area contributed by atoms with Crippen LogP contribution in [-0.2, 0) is 4.79 Å². The maximum atomic E-state index is 12.8. The number of carbonyl (C=O) groups is 1. The molecule has 1 aliphatic rings. The number of hydrogen-bond acceptors (Lipinski definition) is 1. The minimum atomic E-state index is -0.315. The number of carbonyl (C=O) groups excluding carboxylic acids is 1. The van der Waals surface area contributed by atoms with Gasteiger partial charge in [0.1, 0.15) is 0 Å². The van der Waals surface area contributed by atoms with Crippen molar-refractivity contribution in [3.63, 3.8) is 0 Å². The van der Waals surface area contributed by atoms with Crippen molar-refractivity contribution in [2.45, 2.75) is 33.2 Å². The van der Waals surface area contributed by atoms with E-state index in [4.69, 9.17) is 0 Å². The summed E-state index contributed by atoms with van der Waals surface area (Å²) in [7, 11) is 0. The molecule has 2 nitrogen and oxygen atoms in total. The van der Waals surface area contributed by atoms with Crippen LogP contribution in [-0.4, -0.2) is 5.91 Å². The second-order valence-electron chi connectivity index (χ2n) is 6.53. The molecule has 1 amide bonds. The van der Waals surface area contributed by atoms with Crippen LogP contribution in [0.1, 0.15) is 37.4 Å². The molecule has 0 radical (unpaired) electrons. The first-order valence-corrected chi connectivity index (χ1v) is 7.44. The molecule has 0 bridgehead atoms. The Morgan fingerprint density at radius 3 is 2.43 bits per heavy atom. The standard InChI is InChI=1S/C19H21NO/c1-14-8-7-11-16(12-14)20-17(13-19(2,3)18(20)21)15-9-5-4-6-10-15/h4-12,17H,13H2,1-3H3. The fourth-order valence-corrected chi connectivity index (χ4v) is 3.15. The van der Waals surface area contributed by atoms with Gasteiger partial charge in [-0.15, -0.1) is 0 Å². The van der Waals surface area contributed by atoms with Crippen LogP contribution in [0.3, 0.4) is 0 Å². The Hall–Kier alpha value is -2.09. The highest BCUT2D eigenvalue weighted by Gasteiger charge is 2.46. The first-order valence-electron chi connectivity index (χ1n) is 7.44. The number of benzene rings is 2. The molecule has 0 saturated carbocycles. The van der Waals surface area contributed by atoms with E-state index in [1.54, 1.807) is 0 Å². The van der Waals surface area contributed by atoms with Crippen molar-refractivity contribution in [2.75, 3.05) is 4.90 Å². The van der Waals surface area contributed by atoms with E-state index in [0.29, 0.717) is 0 Å². The zero-order valence-electron chi connectivity index (χ0n) is 12.8. The topological polar surface area (TPSA) is 20.3 Å². The van der Waals surface area contributed by atoms with Gasteiger partial charge in [0.25, 0.3) is 0 Å². The lowest BCUT2D eigenvalue weighted by Gasteiger charge is -2.26. The predicted octanol–water partition coefficient (Wildman–Crippen LogP) is 4.50. The molecule has 1 heterocycles. The summed E-state index contributed by atoms with van der Waals surface area (Å²) in [4.78, 5) is 14.8. The normalized spacial score (nSPS) is 20.8. The van der Waals surface area contributed by atoms with Crippen molar-refractivity contribution in [1.82, 2.24) is 0 Å². The van der Waals surface area contributed by atoms with E-state index in [1.165, 1.54) is 11.1 Å². The Morgan fingerprint density at radius 2 is 1.76 bits per heavy atom. The lowest BCUT2D eigenvalue weighted by molar-refractivity contribution is -0.124. The minimum absolute atomic E-state index is 0.121. The molecule has 0 aromatic heterocycles. The summed E-state index contributed by atoms with van der Waals surface area (Å²) in [6.45, 7) is 6.15. The lowest BCUT2D eigenvalue weighted by atomic mass is 9.88. The largest absolute Gasteiger partial charge is 0.304 e. The Balaban J connectivity index is 2.08. The number of hydrogen-bond donors (Lipinski definition) is 0. The molecule has 3 rings (SSSR count). The van der Waals surface area contributed by atoms with Gasteiger partial charge in [-0.25, -0.2) is 0 Å². The van der Waals surface area contributed by atoms with E-state index in [1.807, 2.05) is 49.1 Å². The molecule has 1 aliphatic heterocycles. The van der Waals surface area contributed by atoms with E-state index in [2.05, 4.69) is 31.2 Å². The molecule has 108 valence electrons. The number of nitrogens with zero attached hydrogens (tertiary/aromatic N) is 1. The summed E-state index contributed by atoms with van der Waals surface area (Å²) in [6, 6.07) is 18.6. The van der Waals surface area contributed by atoms with Crippen molar-refractivity contribution in [1.29, 1.82) is 0 Å². The van der Waals surface area contributed by atoms with Crippen LogP contribution < -0.4 is 4.90 Å². The molecule has 1 unspecified atom stereocenters. The first-order chi connectivity index (χ1) is 9.99. The highest BCUT2D eigenvalue weighted by atomic mass is 16.2. The second kappa shape index (κ2) is 5.03. The smallest absolute Gasteiger partial charge is 0.233 e. The minimum Gasteiger partial charge on any atom is -0.304 e. The zero-order valence-corrected chi connectivity index (χ0v) is 12.8. The van der Waals surface area contributed by atoms with Gasteiger partial charge in [-0.1, -0.05) is 56.3 Å². The molecule has 0 N–H and O–H groups in total. The highest BCUT2D eigenvalue weighted by Crippen LogP contribution is 2.46. The monoisotopic (exact) mass is 279 g/mol. The predicted molar refractivity (Wildman–Crippen MR) is 86.2 cm³/mol. The third-order valence-corrected chi connectivity index (χ3v) is 4.28. The van der Waals surface area contributed by atoms with E-state index in [0.717, 1.165) is 12.1 Å². The Kier molecular flexibility index (Phi) is 3.32. The van der Waals surface area contributed by atoms with Crippen LogP contribution in [0.15, 0.2) is 54.6 Å². The van der Waals surface area contributed by atoms with Crippen LogP contribution in [0.2, 0.25) is 0 Å². The fraction of sp³-hybridized carbons (Fsp3) is 0.316. The van der Waals surface area contributed by atoms with Gasteiger partial charge in [-0.05, 0) is 36.6 Å². The van der Waals surface area contributed by atoms with E-state index < -0.39 is 0 Å². The maximum absolute atomic E-state index is 12.8. The van der Waals surface area contributed by atoms with Crippen molar-refractivity contribution < 1.29 is 4.79 Å². The van der Waals surface area contributed by atoms with Crippen LogP contribution in [0.4, 0.5) is 5.69 Å². The molecule has 1 atom stereocenters. The molecular formula is C19H21NO. The molecule has 0 aliphatic carbocycles. The number of amides is 1. The number of anilines is 1. The summed E-state index contributed by atoms with van der Waals surface area (Å²) in [6.07, 6.45) is 0.851. The molecule has 1 fully saturated rings. The van der Waals surface area contributed by atoms with Crippen LogP contribution >= 0.6 is 0 Å². The average Bonchev–Trinajstić information content (AvgIpc) is 2.71. The summed E-state index contributed by atoms with van der Waals surface area (Å²) in [5.74, 6) is 0.210. The van der Waals surface area contributed by atoms with Gasteiger partial charge in [0.2, 0.25) is 5.91 Å². The molecule has 2 aromatic rings. The Bertz CT molecular complexity index is 660. The molecule has 21 heavy (non-hydrogen) atoms. The third-order valence-electron chi connectivity index (χ3n) is 4.28. The van der Waals surface area contributed by atoms with Crippen molar-refractivity contribution in [2.24, 2.45) is 5.41 Å². The SMILES string of the molecule is Cc1cccc(N2C(=O)C(C)(C)CC2c2ccccc2)c1. The van der Waals surface area contributed by atoms with Crippen molar-refractivity contribution >= 4 is 11.6 Å². The van der Waals surface area contributed by atoms with Gasteiger partial charge in [-0.2, -0.15) is 0 Å². The zero-order chi connectivity index (χ0) is 15.0. The van der Waals surface area contributed by atoms with Crippen LogP contribution in [0, 0.1) is 12.3 Å². The van der Waals surface area contributed by atoms with Gasteiger partial charge in [0, 0.05) is 11.1 Å². The molecule has 2 aromatic carbocycles. The highest BCUT2D eigenvalue weighted by molar-refractivity contribution is 6.00. The summed E-state index contributed by atoms with van der Waals surface area (Å²) < 4.78 is 0. The summed E-state index contributed by atoms with van der Waals surface area (Å²) >= 11 is 0. The molecular weight excluding hydrogens is 258 g/mol. The summed E-state index contributed by atoms with van der Waals surface area (Å²) in [5.41, 5.74) is 3.07. The van der Waals surface area contributed by atoms with Gasteiger partial charge < -0.3 is 4.90 Å². The molecule has 1 saturated heterocycles. The Labute approximate surface area is 126 Å². The van der Waals surface area contributed by atoms with Gasteiger partial charge >= 0.3 is 0 Å². The Morgan fingerprint density at radius 1 is 1.05 bits per heavy atom. The molecule has 0 spiro atoms. The average molecular weight is 279 g/mol. The molecule has 2 heteroatoms. The first kappa shape index (κ1) is 13.9. The van der Waals surface area contributed by atoms with Crippen molar-refractivity contribution in [3.05, 3.63) is 65.7 Å². The van der Waals surface area contributed by atoms with Gasteiger partial charge in [-0.3, -0.25) is 4.79 Å². The summed E-state index contributed by atoms with van der Waals surface area (Å²) in [5, 5.41) is 0. The number of rotatable bonds is 2. The van der Waals surface area contributed by atoms with E-state index in [9.17, 15) is 4.79 Å². The van der Waals surface area contributed by atoms with E-state index in [-0.39, 0.29) is 17.4 Å². The van der Waals surface area contributed by atoms with Crippen LogP contribution in [0.5, 0.6) is 0 Å². The van der Waals surface area contributed by atoms with Crippen LogP contribution in [0.25, 0.3) is 0 Å². The van der Waals surface area contributed by atoms with Gasteiger partial charge in [0.05, 0.1) is 6.04 Å². The third kappa shape index (κ3) is 2.46. The van der Waals surface area contributed by atoms with Crippen molar-refractivity contribution in [3.8, 4) is 0 Å². The van der Waals surface area contributed by atoms with Gasteiger partial charge in [0.15, 0.2) is 0 Å². The maximum Gasteiger partial charge on any atom is 0.233 e. The van der Waals surface area contributed by atoms with E-state index >= 15 is 0 Å². The lowest BCUT2D eigenvalue weighted by Crippen LogP contribution is -2.32. The number of aryl methyl sites for hydroxylation is 1. The fourth-order valence-electron chi connectivity index (χ4n) is 3.15. The second-order valence-corrected chi connectivity index (χ2v) is 6.53. The quantitative estimate of drug-likeness (QED) is 0.792.